The standard InChI is InChI=1S/C11H25NO3/c1-4-11(10-14-3)12-6-9-15-8-5-7-13-2/h11-12H,4-10H2,1-3H3. The van der Waals surface area contributed by atoms with E-state index in [4.69, 9.17) is 14.2 Å². The lowest BCUT2D eigenvalue weighted by Gasteiger charge is -2.15. The summed E-state index contributed by atoms with van der Waals surface area (Å²) >= 11 is 0. The van der Waals surface area contributed by atoms with Crippen LogP contribution in [0.25, 0.3) is 0 Å². The molecule has 92 valence electrons. The Morgan fingerprint density at radius 3 is 2.47 bits per heavy atom. The van der Waals surface area contributed by atoms with Crippen LogP contribution in [0.3, 0.4) is 0 Å². The average molecular weight is 219 g/mol. The Kier molecular flexibility index (Phi) is 11.8. The molecule has 1 N–H and O–H groups in total. The maximum Gasteiger partial charge on any atom is 0.0615 e. The SMILES string of the molecule is CCC(COC)NCCOCCCOC. The van der Waals surface area contributed by atoms with E-state index in [0.717, 1.165) is 45.8 Å². The van der Waals surface area contributed by atoms with Crippen molar-refractivity contribution in [1.29, 1.82) is 0 Å². The maximum atomic E-state index is 5.43. The van der Waals surface area contributed by atoms with Crippen LogP contribution in [0.15, 0.2) is 0 Å². The second-order valence-corrected chi connectivity index (χ2v) is 3.47. The Morgan fingerprint density at radius 1 is 1.07 bits per heavy atom. The Morgan fingerprint density at radius 2 is 1.87 bits per heavy atom. The summed E-state index contributed by atoms with van der Waals surface area (Å²) in [6.45, 7) is 6.10. The molecule has 0 rings (SSSR count). The van der Waals surface area contributed by atoms with Gasteiger partial charge in [-0.25, -0.2) is 0 Å². The number of nitrogens with one attached hydrogen (secondary N) is 1. The summed E-state index contributed by atoms with van der Waals surface area (Å²) in [6, 6.07) is 0.442. The molecule has 4 heteroatoms. The van der Waals surface area contributed by atoms with Crippen molar-refractivity contribution in [2.24, 2.45) is 0 Å². The van der Waals surface area contributed by atoms with Gasteiger partial charge in [0, 0.05) is 40.0 Å². The van der Waals surface area contributed by atoms with Gasteiger partial charge in [-0.05, 0) is 12.8 Å². The molecule has 0 bridgehead atoms. The summed E-state index contributed by atoms with van der Waals surface area (Å²) in [7, 11) is 3.43. The summed E-state index contributed by atoms with van der Waals surface area (Å²) < 4.78 is 15.4. The Hall–Kier alpha value is -0.160. The number of hydrogen-bond donors (Lipinski definition) is 1. The quantitative estimate of drug-likeness (QED) is 0.527. The molecule has 0 radical (unpaired) electrons. The molecule has 0 aliphatic rings. The van der Waals surface area contributed by atoms with Crippen LogP contribution in [0.5, 0.6) is 0 Å². The summed E-state index contributed by atoms with van der Waals surface area (Å²) in [5, 5.41) is 3.38. The normalized spacial score (nSPS) is 13.0. The second kappa shape index (κ2) is 11.9. The molecule has 0 fully saturated rings. The van der Waals surface area contributed by atoms with E-state index in [1.54, 1.807) is 14.2 Å². The highest BCUT2D eigenvalue weighted by molar-refractivity contribution is 4.62. The third-order valence-electron chi connectivity index (χ3n) is 2.18. The molecule has 0 aliphatic heterocycles. The molecule has 1 unspecified atom stereocenters. The number of methoxy groups -OCH3 is 2. The van der Waals surface area contributed by atoms with Gasteiger partial charge in [-0.2, -0.15) is 0 Å². The van der Waals surface area contributed by atoms with E-state index in [9.17, 15) is 0 Å². The number of ether oxygens (including phenoxy) is 3. The molecule has 0 saturated heterocycles. The fourth-order valence-electron chi connectivity index (χ4n) is 1.26. The van der Waals surface area contributed by atoms with Crippen LogP contribution in [0.2, 0.25) is 0 Å². The molecule has 0 saturated carbocycles. The largest absolute Gasteiger partial charge is 0.385 e. The van der Waals surface area contributed by atoms with E-state index in [1.165, 1.54) is 0 Å². The molecule has 0 aromatic rings. The zero-order valence-corrected chi connectivity index (χ0v) is 10.3. The van der Waals surface area contributed by atoms with E-state index in [-0.39, 0.29) is 0 Å². The van der Waals surface area contributed by atoms with Crippen LogP contribution < -0.4 is 5.32 Å². The number of rotatable bonds is 11. The van der Waals surface area contributed by atoms with Crippen LogP contribution in [0.4, 0.5) is 0 Å². The van der Waals surface area contributed by atoms with E-state index < -0.39 is 0 Å². The van der Waals surface area contributed by atoms with Crippen LogP contribution in [0.1, 0.15) is 19.8 Å². The first-order valence-electron chi connectivity index (χ1n) is 5.64. The minimum Gasteiger partial charge on any atom is -0.385 e. The molecule has 0 heterocycles. The van der Waals surface area contributed by atoms with Crippen molar-refractivity contribution in [3.63, 3.8) is 0 Å². The molecule has 0 aliphatic carbocycles. The predicted octanol–water partition coefficient (Wildman–Crippen LogP) is 1.05. The van der Waals surface area contributed by atoms with Gasteiger partial charge in [-0.3, -0.25) is 0 Å². The Balaban J connectivity index is 3.14. The maximum absolute atomic E-state index is 5.43. The summed E-state index contributed by atoms with van der Waals surface area (Å²) in [6.07, 6.45) is 2.04. The van der Waals surface area contributed by atoms with E-state index in [0.29, 0.717) is 6.04 Å². The molecule has 0 aromatic carbocycles. The lowest BCUT2D eigenvalue weighted by molar-refractivity contribution is 0.0987. The monoisotopic (exact) mass is 219 g/mol. The van der Waals surface area contributed by atoms with Gasteiger partial charge in [-0.1, -0.05) is 6.92 Å². The third-order valence-corrected chi connectivity index (χ3v) is 2.18. The van der Waals surface area contributed by atoms with Gasteiger partial charge in [-0.15, -0.1) is 0 Å². The highest BCUT2D eigenvalue weighted by atomic mass is 16.5. The zero-order valence-electron chi connectivity index (χ0n) is 10.3. The third kappa shape index (κ3) is 10.1. The Bertz CT molecular complexity index is 122. The second-order valence-electron chi connectivity index (χ2n) is 3.47. The fourth-order valence-corrected chi connectivity index (χ4v) is 1.26. The van der Waals surface area contributed by atoms with Crippen molar-refractivity contribution >= 4 is 0 Å². The molecule has 0 aromatic heterocycles. The van der Waals surface area contributed by atoms with Gasteiger partial charge < -0.3 is 19.5 Å². The molecular formula is C11H25NO3. The highest BCUT2D eigenvalue weighted by Crippen LogP contribution is 1.90. The zero-order chi connectivity index (χ0) is 11.4. The lowest BCUT2D eigenvalue weighted by atomic mass is 10.2. The fraction of sp³-hybridized carbons (Fsp3) is 1.00. The van der Waals surface area contributed by atoms with Crippen molar-refractivity contribution in [2.75, 3.05) is 47.2 Å². The first kappa shape index (κ1) is 14.8. The molecule has 0 spiro atoms. The summed E-state index contributed by atoms with van der Waals surface area (Å²) in [5.41, 5.74) is 0. The van der Waals surface area contributed by atoms with Crippen molar-refractivity contribution < 1.29 is 14.2 Å². The number of hydrogen-bond acceptors (Lipinski definition) is 4. The minimum atomic E-state index is 0.442. The van der Waals surface area contributed by atoms with Gasteiger partial charge >= 0.3 is 0 Å². The van der Waals surface area contributed by atoms with Crippen LogP contribution in [-0.4, -0.2) is 53.2 Å². The van der Waals surface area contributed by atoms with Gasteiger partial charge in [0.05, 0.1) is 13.2 Å². The van der Waals surface area contributed by atoms with Gasteiger partial charge in [0.2, 0.25) is 0 Å². The minimum absolute atomic E-state index is 0.442. The predicted molar refractivity (Wildman–Crippen MR) is 61.3 cm³/mol. The van der Waals surface area contributed by atoms with E-state index in [1.807, 2.05) is 0 Å². The summed E-state index contributed by atoms with van der Waals surface area (Å²) in [5.74, 6) is 0. The Labute approximate surface area is 93.3 Å². The lowest BCUT2D eigenvalue weighted by Crippen LogP contribution is -2.35. The van der Waals surface area contributed by atoms with Gasteiger partial charge in [0.25, 0.3) is 0 Å². The molecule has 4 nitrogen and oxygen atoms in total. The molecule has 15 heavy (non-hydrogen) atoms. The van der Waals surface area contributed by atoms with Crippen LogP contribution in [-0.2, 0) is 14.2 Å². The summed E-state index contributed by atoms with van der Waals surface area (Å²) in [4.78, 5) is 0. The highest BCUT2D eigenvalue weighted by Gasteiger charge is 2.03. The molecular weight excluding hydrogens is 194 g/mol. The average Bonchev–Trinajstić information content (AvgIpc) is 2.26. The van der Waals surface area contributed by atoms with Crippen molar-refractivity contribution in [1.82, 2.24) is 5.32 Å². The molecule has 0 amide bonds. The van der Waals surface area contributed by atoms with Crippen molar-refractivity contribution in [3.05, 3.63) is 0 Å². The van der Waals surface area contributed by atoms with Gasteiger partial charge in [0.15, 0.2) is 0 Å². The van der Waals surface area contributed by atoms with E-state index >= 15 is 0 Å². The van der Waals surface area contributed by atoms with Crippen LogP contribution >= 0.6 is 0 Å². The van der Waals surface area contributed by atoms with Crippen molar-refractivity contribution in [3.8, 4) is 0 Å². The first-order chi connectivity index (χ1) is 7.35. The van der Waals surface area contributed by atoms with E-state index in [2.05, 4.69) is 12.2 Å². The first-order valence-corrected chi connectivity index (χ1v) is 5.64. The van der Waals surface area contributed by atoms with Gasteiger partial charge in [0.1, 0.15) is 0 Å². The topological polar surface area (TPSA) is 39.7 Å². The smallest absolute Gasteiger partial charge is 0.0615 e. The van der Waals surface area contributed by atoms with Crippen molar-refractivity contribution in [2.45, 2.75) is 25.8 Å². The van der Waals surface area contributed by atoms with Crippen LogP contribution in [0, 0.1) is 0 Å². The molecule has 1 atom stereocenters.